The van der Waals surface area contributed by atoms with Crippen molar-refractivity contribution in [2.75, 3.05) is 20.2 Å². The fraction of sp³-hybridized carbons (Fsp3) is 0.208. The minimum Gasteiger partial charge on any atom is -0.493 e. The van der Waals surface area contributed by atoms with E-state index in [1.54, 1.807) is 46.6 Å². The van der Waals surface area contributed by atoms with Gasteiger partial charge in [0.15, 0.2) is 11.5 Å². The van der Waals surface area contributed by atoms with Crippen molar-refractivity contribution in [3.63, 3.8) is 0 Å². The summed E-state index contributed by atoms with van der Waals surface area (Å²) < 4.78 is 24.2. The number of hydrogen-bond acceptors (Lipinski definition) is 5. The number of carbonyl (C=O) groups is 1. The zero-order valence-electron chi connectivity index (χ0n) is 17.6. The maximum atomic E-state index is 13.0. The summed E-state index contributed by atoms with van der Waals surface area (Å²) >= 11 is 1.60. The van der Waals surface area contributed by atoms with Gasteiger partial charge < -0.3 is 20.1 Å². The van der Waals surface area contributed by atoms with E-state index in [4.69, 9.17) is 15.2 Å². The number of amides is 1. The van der Waals surface area contributed by atoms with E-state index in [0.717, 1.165) is 10.4 Å². The Balaban J connectivity index is 0.00000166. The predicted octanol–water partition coefficient (Wildman–Crippen LogP) is 4.88. The lowest BCUT2D eigenvalue weighted by molar-refractivity contribution is 0.0749. The summed E-state index contributed by atoms with van der Waals surface area (Å²) in [5, 5.41) is 1.98. The van der Waals surface area contributed by atoms with Crippen LogP contribution in [0.25, 0.3) is 0 Å². The Morgan fingerprint density at radius 3 is 2.48 bits per heavy atom. The maximum absolute atomic E-state index is 13.0. The van der Waals surface area contributed by atoms with Crippen molar-refractivity contribution in [1.82, 2.24) is 4.90 Å². The first-order valence-corrected chi connectivity index (χ1v) is 10.6. The number of thiophene rings is 1. The average molecular weight is 443 g/mol. The smallest absolute Gasteiger partial charge is 0.254 e. The molecule has 2 aromatic carbocycles. The van der Waals surface area contributed by atoms with Gasteiger partial charge in [-0.3, -0.25) is 4.79 Å². The van der Waals surface area contributed by atoms with E-state index in [9.17, 15) is 9.18 Å². The third-order valence-electron chi connectivity index (χ3n) is 4.33. The van der Waals surface area contributed by atoms with Crippen LogP contribution in [0.15, 0.2) is 73.1 Å². The molecule has 0 saturated heterocycles. The Labute approximate surface area is 186 Å². The largest absolute Gasteiger partial charge is 0.493 e. The normalized spacial score (nSPS) is 10.0. The topological polar surface area (TPSA) is 64.8 Å². The van der Waals surface area contributed by atoms with E-state index in [1.165, 1.54) is 19.2 Å². The van der Waals surface area contributed by atoms with Crippen LogP contribution in [-0.4, -0.2) is 31.0 Å². The summed E-state index contributed by atoms with van der Waals surface area (Å²) in [6.45, 7) is 7.62. The molecule has 0 bridgehead atoms. The first-order valence-electron chi connectivity index (χ1n) is 9.67. The molecule has 0 spiro atoms. The van der Waals surface area contributed by atoms with Crippen LogP contribution < -0.4 is 15.2 Å². The summed E-state index contributed by atoms with van der Waals surface area (Å²) in [5.41, 5.74) is 7.03. The van der Waals surface area contributed by atoms with E-state index in [2.05, 4.69) is 13.2 Å². The molecule has 1 amide bonds. The first-order chi connectivity index (χ1) is 15.1. The number of ether oxygens (including phenoxy) is 2. The molecule has 164 valence electrons. The van der Waals surface area contributed by atoms with Gasteiger partial charge in [0.25, 0.3) is 5.91 Å². The molecule has 0 aliphatic carbocycles. The molecule has 1 aromatic heterocycles. The van der Waals surface area contributed by atoms with Crippen LogP contribution in [-0.2, 0) is 13.2 Å². The standard InChI is InChI=1S/C22H23FN2O3S.C2H4/c1-27-21-13-17(22(26)25(11-10-24)14-19-3-2-12-29-19)6-9-20(21)28-15-16-4-7-18(23)8-5-16;1-2/h2-9,12-13H,10-11,14-15,24H2,1H3;1-2H2. The highest BCUT2D eigenvalue weighted by Crippen LogP contribution is 2.29. The number of halogens is 1. The number of hydrogen-bond donors (Lipinski definition) is 1. The Kier molecular flexibility index (Phi) is 9.74. The van der Waals surface area contributed by atoms with Crippen molar-refractivity contribution in [2.45, 2.75) is 13.2 Å². The Morgan fingerprint density at radius 1 is 1.13 bits per heavy atom. The zero-order valence-corrected chi connectivity index (χ0v) is 18.4. The highest BCUT2D eigenvalue weighted by atomic mass is 32.1. The number of rotatable bonds is 9. The van der Waals surface area contributed by atoms with Crippen LogP contribution in [0.2, 0.25) is 0 Å². The van der Waals surface area contributed by atoms with Crippen molar-refractivity contribution in [3.8, 4) is 11.5 Å². The molecule has 0 fully saturated rings. The van der Waals surface area contributed by atoms with Crippen LogP contribution in [0.1, 0.15) is 20.8 Å². The number of carbonyl (C=O) groups excluding carboxylic acids is 1. The summed E-state index contributed by atoms with van der Waals surface area (Å²) in [5.74, 6) is 0.560. The lowest BCUT2D eigenvalue weighted by Crippen LogP contribution is -2.34. The van der Waals surface area contributed by atoms with Gasteiger partial charge in [0.1, 0.15) is 12.4 Å². The van der Waals surface area contributed by atoms with Gasteiger partial charge in [-0.25, -0.2) is 4.39 Å². The Hall–Kier alpha value is -3.16. The summed E-state index contributed by atoms with van der Waals surface area (Å²) in [6.07, 6.45) is 0. The van der Waals surface area contributed by atoms with E-state index in [1.807, 2.05) is 17.5 Å². The minimum absolute atomic E-state index is 0.118. The van der Waals surface area contributed by atoms with Gasteiger partial charge in [0.2, 0.25) is 0 Å². The maximum Gasteiger partial charge on any atom is 0.254 e. The zero-order chi connectivity index (χ0) is 22.6. The van der Waals surface area contributed by atoms with Crippen LogP contribution in [0.4, 0.5) is 4.39 Å². The number of methoxy groups -OCH3 is 1. The van der Waals surface area contributed by atoms with Crippen molar-refractivity contribution in [2.24, 2.45) is 5.73 Å². The number of nitrogens with zero attached hydrogens (tertiary/aromatic N) is 1. The lowest BCUT2D eigenvalue weighted by atomic mass is 10.1. The molecular formula is C24H27FN2O3S. The third kappa shape index (κ3) is 6.94. The van der Waals surface area contributed by atoms with Crippen LogP contribution in [0, 0.1) is 5.82 Å². The molecule has 0 saturated carbocycles. The molecular weight excluding hydrogens is 415 g/mol. The number of benzene rings is 2. The first kappa shape index (κ1) is 24.1. The van der Waals surface area contributed by atoms with Gasteiger partial charge in [-0.05, 0) is 47.3 Å². The Morgan fingerprint density at radius 2 is 1.87 bits per heavy atom. The molecule has 0 atom stereocenters. The fourth-order valence-electron chi connectivity index (χ4n) is 2.84. The van der Waals surface area contributed by atoms with Crippen LogP contribution >= 0.6 is 11.3 Å². The molecule has 2 N–H and O–H groups in total. The van der Waals surface area contributed by atoms with E-state index in [0.29, 0.717) is 36.7 Å². The molecule has 3 aromatic rings. The molecule has 0 radical (unpaired) electrons. The molecule has 0 aliphatic rings. The monoisotopic (exact) mass is 442 g/mol. The highest BCUT2D eigenvalue weighted by molar-refractivity contribution is 7.09. The quantitative estimate of drug-likeness (QED) is 0.480. The van der Waals surface area contributed by atoms with Crippen LogP contribution in [0.3, 0.4) is 0 Å². The van der Waals surface area contributed by atoms with Gasteiger partial charge in [-0.1, -0.05) is 18.2 Å². The van der Waals surface area contributed by atoms with Crippen molar-refractivity contribution in [3.05, 3.63) is 95.0 Å². The predicted molar refractivity (Wildman–Crippen MR) is 123 cm³/mol. The van der Waals surface area contributed by atoms with E-state index in [-0.39, 0.29) is 18.3 Å². The lowest BCUT2D eigenvalue weighted by Gasteiger charge is -2.22. The second kappa shape index (κ2) is 12.5. The molecule has 0 unspecified atom stereocenters. The SMILES string of the molecule is C=C.COc1cc(C(=O)N(CCN)Cc2cccs2)ccc1OCc1ccc(F)cc1. The molecule has 7 heteroatoms. The van der Waals surface area contributed by atoms with Gasteiger partial charge in [-0.15, -0.1) is 24.5 Å². The number of nitrogens with two attached hydrogens (primary N) is 1. The third-order valence-corrected chi connectivity index (χ3v) is 5.19. The molecule has 0 aliphatic heterocycles. The summed E-state index contributed by atoms with van der Waals surface area (Å²) in [6, 6.07) is 15.1. The molecule has 5 nitrogen and oxygen atoms in total. The van der Waals surface area contributed by atoms with E-state index < -0.39 is 0 Å². The minimum atomic E-state index is -0.293. The summed E-state index contributed by atoms with van der Waals surface area (Å²) in [4.78, 5) is 15.8. The molecule has 31 heavy (non-hydrogen) atoms. The average Bonchev–Trinajstić information content (AvgIpc) is 3.32. The van der Waals surface area contributed by atoms with Gasteiger partial charge in [-0.2, -0.15) is 0 Å². The molecule has 3 rings (SSSR count). The van der Waals surface area contributed by atoms with Crippen molar-refractivity contribution in [1.29, 1.82) is 0 Å². The van der Waals surface area contributed by atoms with Crippen molar-refractivity contribution >= 4 is 17.2 Å². The van der Waals surface area contributed by atoms with Gasteiger partial charge in [0.05, 0.1) is 13.7 Å². The highest BCUT2D eigenvalue weighted by Gasteiger charge is 2.18. The second-order valence-electron chi connectivity index (χ2n) is 6.38. The summed E-state index contributed by atoms with van der Waals surface area (Å²) in [7, 11) is 1.53. The van der Waals surface area contributed by atoms with E-state index >= 15 is 0 Å². The van der Waals surface area contributed by atoms with Crippen LogP contribution in [0.5, 0.6) is 11.5 Å². The second-order valence-corrected chi connectivity index (χ2v) is 7.41. The molecule has 1 heterocycles. The van der Waals surface area contributed by atoms with Gasteiger partial charge >= 0.3 is 0 Å². The van der Waals surface area contributed by atoms with Gasteiger partial charge in [0, 0.05) is 23.5 Å². The fourth-order valence-corrected chi connectivity index (χ4v) is 3.56. The van der Waals surface area contributed by atoms with Crippen molar-refractivity contribution < 1.29 is 18.7 Å². The Bertz CT molecular complexity index is 946.